The number of likely N-dealkylation sites (tertiary alicyclic amines) is 1. The van der Waals surface area contributed by atoms with Crippen LogP contribution in [0, 0.1) is 17.1 Å². The first-order chi connectivity index (χ1) is 12.5. The van der Waals surface area contributed by atoms with Crippen LogP contribution in [0.4, 0.5) is 4.39 Å². The van der Waals surface area contributed by atoms with Crippen molar-refractivity contribution < 1.29 is 13.9 Å². The van der Waals surface area contributed by atoms with Gasteiger partial charge >= 0.3 is 5.69 Å². The molecule has 0 radical (unpaired) electrons. The molecule has 26 heavy (non-hydrogen) atoms. The molecule has 2 N–H and O–H groups in total. The zero-order chi connectivity index (χ0) is 18.5. The van der Waals surface area contributed by atoms with Gasteiger partial charge in [0.25, 0.3) is 0 Å². The number of nitriles is 1. The summed E-state index contributed by atoms with van der Waals surface area (Å²) >= 11 is 1.16. The highest BCUT2D eigenvalue weighted by Crippen LogP contribution is 2.23. The molecular formula is C16H16FN5O3S. The third-order valence-corrected chi connectivity index (χ3v) is 4.82. The summed E-state index contributed by atoms with van der Waals surface area (Å²) in [5, 5.41) is 15.1. The molecule has 1 aliphatic heterocycles. The number of benzene rings is 1. The van der Waals surface area contributed by atoms with E-state index in [1.54, 1.807) is 4.90 Å². The van der Waals surface area contributed by atoms with Gasteiger partial charge in [-0.2, -0.15) is 5.26 Å². The average molecular weight is 377 g/mol. The van der Waals surface area contributed by atoms with Crippen molar-refractivity contribution in [2.75, 3.05) is 18.8 Å². The van der Waals surface area contributed by atoms with E-state index < -0.39 is 11.5 Å². The topological polar surface area (TPSA) is 115 Å². The van der Waals surface area contributed by atoms with E-state index in [0.717, 1.165) is 17.8 Å². The van der Waals surface area contributed by atoms with Gasteiger partial charge in [0, 0.05) is 25.9 Å². The largest absolute Gasteiger partial charge is 0.487 e. The molecular weight excluding hydrogens is 361 g/mol. The number of carbonyl (C=O) groups excluding carboxylic acids is 1. The molecule has 0 saturated carbocycles. The first-order valence-corrected chi connectivity index (χ1v) is 8.95. The summed E-state index contributed by atoms with van der Waals surface area (Å²) in [5.74, 6) is -0.322. The Morgan fingerprint density at radius 2 is 2.23 bits per heavy atom. The lowest BCUT2D eigenvalue weighted by molar-refractivity contribution is -0.130. The van der Waals surface area contributed by atoms with Crippen molar-refractivity contribution in [1.82, 2.24) is 20.1 Å². The number of hydrogen-bond donors (Lipinski definition) is 2. The van der Waals surface area contributed by atoms with Crippen molar-refractivity contribution in [3.8, 4) is 11.8 Å². The van der Waals surface area contributed by atoms with E-state index in [1.165, 1.54) is 12.1 Å². The van der Waals surface area contributed by atoms with Crippen molar-refractivity contribution in [1.29, 1.82) is 5.26 Å². The number of aromatic amines is 2. The molecule has 1 aliphatic rings. The van der Waals surface area contributed by atoms with Gasteiger partial charge in [-0.05, 0) is 18.2 Å². The zero-order valence-corrected chi connectivity index (χ0v) is 14.5. The minimum absolute atomic E-state index is 0.0538. The molecule has 2 heterocycles. The number of hydrogen-bond acceptors (Lipinski definition) is 6. The number of thioether (sulfide) groups is 1. The normalized spacial score (nSPS) is 14.8. The predicted molar refractivity (Wildman–Crippen MR) is 91.3 cm³/mol. The molecule has 2 aromatic rings. The van der Waals surface area contributed by atoms with E-state index >= 15 is 0 Å². The number of H-pyrrole nitrogens is 2. The fourth-order valence-corrected chi connectivity index (χ4v) is 3.33. The number of aromatic nitrogens is 3. The molecule has 136 valence electrons. The molecule has 8 nitrogen and oxygen atoms in total. The van der Waals surface area contributed by atoms with E-state index in [2.05, 4.69) is 15.2 Å². The maximum Gasteiger partial charge on any atom is 0.341 e. The lowest BCUT2D eigenvalue weighted by atomic mass is 10.1. The molecule has 1 aromatic heterocycles. The van der Waals surface area contributed by atoms with Crippen LogP contribution < -0.4 is 10.4 Å². The van der Waals surface area contributed by atoms with Gasteiger partial charge in [-0.25, -0.2) is 14.3 Å². The quantitative estimate of drug-likeness (QED) is 0.759. The van der Waals surface area contributed by atoms with Gasteiger partial charge in [-0.3, -0.25) is 9.78 Å². The number of piperidine rings is 1. The van der Waals surface area contributed by atoms with E-state index in [-0.39, 0.29) is 29.1 Å². The maximum absolute atomic E-state index is 13.9. The third-order valence-electron chi connectivity index (χ3n) is 3.96. The Balaban J connectivity index is 1.47. The fourth-order valence-electron chi connectivity index (χ4n) is 2.61. The number of rotatable bonds is 5. The van der Waals surface area contributed by atoms with Crippen molar-refractivity contribution in [2.24, 2.45) is 0 Å². The standard InChI is InChI=1S/C16H16FN5O3S/c17-12-7-10(8-18)1-2-13(12)25-11-3-5-22(6-4-11)14(23)9-26-16-19-15(24)20-21-16/h1-2,7,11H,3-6,9H2,(H2,19,20,21,24). The minimum atomic E-state index is -0.563. The van der Waals surface area contributed by atoms with Gasteiger partial charge in [-0.15, -0.1) is 5.10 Å². The monoisotopic (exact) mass is 377 g/mol. The Labute approximate surface area is 152 Å². The first kappa shape index (κ1) is 18.0. The maximum atomic E-state index is 13.9. The van der Waals surface area contributed by atoms with E-state index in [1.807, 2.05) is 6.07 Å². The average Bonchev–Trinajstić information content (AvgIpc) is 3.07. The smallest absolute Gasteiger partial charge is 0.341 e. The van der Waals surface area contributed by atoms with Crippen molar-refractivity contribution in [3.05, 3.63) is 40.1 Å². The summed E-state index contributed by atoms with van der Waals surface area (Å²) in [4.78, 5) is 27.3. The number of nitrogens with one attached hydrogen (secondary N) is 2. The Hall–Kier alpha value is -2.80. The second kappa shape index (κ2) is 8.05. The molecule has 0 aliphatic carbocycles. The summed E-state index contributed by atoms with van der Waals surface area (Å²) < 4.78 is 19.5. The number of nitrogens with zero attached hydrogens (tertiary/aromatic N) is 3. The van der Waals surface area contributed by atoms with Gasteiger partial charge in [0.15, 0.2) is 16.7 Å². The highest BCUT2D eigenvalue weighted by molar-refractivity contribution is 7.99. The van der Waals surface area contributed by atoms with Gasteiger partial charge < -0.3 is 9.64 Å². The molecule has 10 heteroatoms. The van der Waals surface area contributed by atoms with E-state index in [9.17, 15) is 14.0 Å². The van der Waals surface area contributed by atoms with Crippen LogP contribution in [-0.4, -0.2) is 50.9 Å². The number of halogens is 1. The molecule has 0 spiro atoms. The summed E-state index contributed by atoms with van der Waals surface area (Å²) in [6, 6.07) is 5.98. The third kappa shape index (κ3) is 4.43. The summed E-state index contributed by atoms with van der Waals surface area (Å²) in [5.41, 5.74) is -0.168. The van der Waals surface area contributed by atoms with Crippen molar-refractivity contribution >= 4 is 17.7 Å². The summed E-state index contributed by atoms with van der Waals surface area (Å²) in [6.07, 6.45) is 1.00. The van der Waals surface area contributed by atoms with Crippen LogP contribution in [0.3, 0.4) is 0 Å². The predicted octanol–water partition coefficient (Wildman–Crippen LogP) is 1.27. The highest BCUT2D eigenvalue weighted by atomic mass is 32.2. The Morgan fingerprint density at radius 3 is 2.85 bits per heavy atom. The van der Waals surface area contributed by atoms with Gasteiger partial charge in [0.05, 0.1) is 17.4 Å². The molecule has 1 fully saturated rings. The number of ether oxygens (including phenoxy) is 1. The van der Waals surface area contributed by atoms with Crippen molar-refractivity contribution in [2.45, 2.75) is 24.1 Å². The van der Waals surface area contributed by atoms with Crippen LogP contribution in [0.5, 0.6) is 5.75 Å². The Bertz CT molecular complexity index is 882. The van der Waals surface area contributed by atoms with Crippen molar-refractivity contribution in [3.63, 3.8) is 0 Å². The molecule has 0 bridgehead atoms. The van der Waals surface area contributed by atoms with E-state index in [0.29, 0.717) is 31.1 Å². The molecule has 1 amide bonds. The summed E-state index contributed by atoms with van der Waals surface area (Å²) in [6.45, 7) is 1.03. The van der Waals surface area contributed by atoms with Crippen LogP contribution in [0.15, 0.2) is 28.2 Å². The summed E-state index contributed by atoms with van der Waals surface area (Å²) in [7, 11) is 0. The van der Waals surface area contributed by atoms with Crippen LogP contribution in [-0.2, 0) is 4.79 Å². The van der Waals surface area contributed by atoms with E-state index in [4.69, 9.17) is 10.00 Å². The number of carbonyl (C=O) groups is 1. The van der Waals surface area contributed by atoms with Crippen LogP contribution in [0.1, 0.15) is 18.4 Å². The second-order valence-corrected chi connectivity index (χ2v) is 6.69. The molecule has 1 aromatic carbocycles. The lowest BCUT2D eigenvalue weighted by Gasteiger charge is -2.32. The minimum Gasteiger partial charge on any atom is -0.487 e. The number of amides is 1. The first-order valence-electron chi connectivity index (χ1n) is 7.96. The van der Waals surface area contributed by atoms with Crippen LogP contribution >= 0.6 is 11.8 Å². The molecule has 1 saturated heterocycles. The Morgan fingerprint density at radius 1 is 1.46 bits per heavy atom. The molecule has 3 rings (SSSR count). The molecule has 0 unspecified atom stereocenters. The van der Waals surface area contributed by atoms with Gasteiger partial charge in [0.1, 0.15) is 6.10 Å². The lowest BCUT2D eigenvalue weighted by Crippen LogP contribution is -2.42. The second-order valence-electron chi connectivity index (χ2n) is 5.73. The highest BCUT2D eigenvalue weighted by Gasteiger charge is 2.24. The Kier molecular flexibility index (Phi) is 5.58. The van der Waals surface area contributed by atoms with Crippen LogP contribution in [0.25, 0.3) is 0 Å². The molecule has 0 atom stereocenters. The fraction of sp³-hybridized carbons (Fsp3) is 0.375. The van der Waals surface area contributed by atoms with Gasteiger partial charge in [-0.1, -0.05) is 11.8 Å². The zero-order valence-electron chi connectivity index (χ0n) is 13.7. The SMILES string of the molecule is N#Cc1ccc(OC2CCN(C(=O)CSc3n[nH]c(=O)[nH]3)CC2)c(F)c1. The van der Waals surface area contributed by atoms with Crippen LogP contribution in [0.2, 0.25) is 0 Å². The van der Waals surface area contributed by atoms with Gasteiger partial charge in [0.2, 0.25) is 5.91 Å².